The normalized spacial score (nSPS) is 15.9. The fourth-order valence-electron chi connectivity index (χ4n) is 3.15. The molecule has 1 aromatic heterocycles. The zero-order valence-electron chi connectivity index (χ0n) is 15.0. The highest BCUT2D eigenvalue weighted by atomic mass is 16.6. The molecule has 0 spiro atoms. The van der Waals surface area contributed by atoms with Crippen LogP contribution < -0.4 is 9.47 Å². The average Bonchev–Trinajstić information content (AvgIpc) is 3.20. The third-order valence-corrected chi connectivity index (χ3v) is 4.33. The van der Waals surface area contributed by atoms with Crippen molar-refractivity contribution in [3.05, 3.63) is 57.5 Å². The topological polar surface area (TPSA) is 87.6 Å². The van der Waals surface area contributed by atoms with Crippen LogP contribution in [0.1, 0.15) is 30.9 Å². The number of nitro benzene ring substituents is 1. The Morgan fingerprint density at radius 1 is 1.33 bits per heavy atom. The number of nitro groups is 1. The summed E-state index contributed by atoms with van der Waals surface area (Å²) < 4.78 is 17.2. The van der Waals surface area contributed by atoms with Crippen molar-refractivity contribution in [2.75, 3.05) is 6.61 Å². The summed E-state index contributed by atoms with van der Waals surface area (Å²) in [5.41, 5.74) is 2.92. The van der Waals surface area contributed by atoms with E-state index < -0.39 is 4.92 Å². The van der Waals surface area contributed by atoms with Crippen LogP contribution in [0, 0.1) is 10.1 Å². The van der Waals surface area contributed by atoms with Crippen LogP contribution in [0.15, 0.2) is 34.7 Å². The van der Waals surface area contributed by atoms with Crippen molar-refractivity contribution < 1.29 is 18.8 Å². The molecule has 1 atom stereocenters. The molecule has 0 N–H and O–H groups in total. The second kappa shape index (κ2) is 6.75. The van der Waals surface area contributed by atoms with Crippen LogP contribution in [0.25, 0.3) is 23.3 Å². The van der Waals surface area contributed by atoms with E-state index in [1.54, 1.807) is 12.1 Å². The number of rotatable bonds is 5. The minimum atomic E-state index is -0.455. The summed E-state index contributed by atoms with van der Waals surface area (Å²) in [6.45, 7) is 4.53. The maximum atomic E-state index is 10.9. The van der Waals surface area contributed by atoms with Gasteiger partial charge < -0.3 is 13.9 Å². The Balaban J connectivity index is 1.67. The fraction of sp³-hybridized carbons (Fsp3) is 0.250. The molecule has 7 nitrogen and oxygen atoms in total. The van der Waals surface area contributed by atoms with E-state index in [0.717, 1.165) is 29.0 Å². The van der Waals surface area contributed by atoms with E-state index in [1.807, 2.05) is 32.1 Å². The predicted octanol–water partition coefficient (Wildman–Crippen LogP) is 4.63. The molecule has 7 heteroatoms. The molecule has 2 aromatic carbocycles. The molecular formula is C20H18N2O5. The molecule has 27 heavy (non-hydrogen) atoms. The Morgan fingerprint density at radius 3 is 2.96 bits per heavy atom. The quantitative estimate of drug-likeness (QED) is 0.483. The van der Waals surface area contributed by atoms with Crippen LogP contribution in [-0.2, 0) is 6.42 Å². The highest BCUT2D eigenvalue weighted by Gasteiger charge is 2.21. The molecule has 0 unspecified atom stereocenters. The first-order valence-electron chi connectivity index (χ1n) is 8.73. The zero-order valence-corrected chi connectivity index (χ0v) is 15.0. The Kier molecular flexibility index (Phi) is 4.27. The Labute approximate surface area is 155 Å². The molecule has 0 saturated carbocycles. The number of nitrogens with zero attached hydrogens (tertiary/aromatic N) is 2. The highest BCUT2D eigenvalue weighted by Crippen LogP contribution is 2.36. The van der Waals surface area contributed by atoms with Gasteiger partial charge in [0.25, 0.3) is 5.69 Å². The van der Waals surface area contributed by atoms with Crippen molar-refractivity contribution >= 4 is 28.9 Å². The third-order valence-electron chi connectivity index (χ3n) is 4.33. The largest absolute Gasteiger partial charge is 0.493 e. The van der Waals surface area contributed by atoms with Gasteiger partial charge in [-0.2, -0.15) is 0 Å². The first-order valence-corrected chi connectivity index (χ1v) is 8.73. The number of hydrogen-bond acceptors (Lipinski definition) is 6. The average molecular weight is 366 g/mol. The standard InChI is InChI=1S/C20H18N2O5/c1-3-25-18-10-14-8-12(2)26-19(14)9-13(18)4-7-20-21-16-11-15(22(23)24)5-6-17(16)27-20/h4-7,9-12H,3,8H2,1-2H3/b7-4+/t12-/m1/s1. The van der Waals surface area contributed by atoms with Gasteiger partial charge in [-0.3, -0.25) is 10.1 Å². The summed E-state index contributed by atoms with van der Waals surface area (Å²) in [6, 6.07) is 8.30. The van der Waals surface area contributed by atoms with Gasteiger partial charge in [-0.25, -0.2) is 4.98 Å². The van der Waals surface area contributed by atoms with Crippen LogP contribution in [0.3, 0.4) is 0 Å². The lowest BCUT2D eigenvalue weighted by Crippen LogP contribution is -2.05. The van der Waals surface area contributed by atoms with Crippen LogP contribution in [0.2, 0.25) is 0 Å². The number of fused-ring (bicyclic) bond motifs is 2. The van der Waals surface area contributed by atoms with Crippen molar-refractivity contribution in [3.8, 4) is 11.5 Å². The fourth-order valence-corrected chi connectivity index (χ4v) is 3.15. The molecule has 1 aliphatic rings. The SMILES string of the molecule is CCOc1cc2c(cc1/C=C/c1nc3cc([N+](=O)[O-])ccc3o1)O[C@H](C)C2. The second-order valence-corrected chi connectivity index (χ2v) is 6.36. The van der Waals surface area contributed by atoms with Crippen molar-refractivity contribution in [2.45, 2.75) is 26.4 Å². The molecule has 0 bridgehead atoms. The number of oxazole rings is 1. The monoisotopic (exact) mass is 366 g/mol. The summed E-state index contributed by atoms with van der Waals surface area (Å²) in [6.07, 6.45) is 4.58. The van der Waals surface area contributed by atoms with Crippen molar-refractivity contribution in [2.24, 2.45) is 0 Å². The second-order valence-electron chi connectivity index (χ2n) is 6.36. The summed E-state index contributed by atoms with van der Waals surface area (Å²) in [5, 5.41) is 10.9. The van der Waals surface area contributed by atoms with Gasteiger partial charge in [0.15, 0.2) is 5.58 Å². The smallest absolute Gasteiger partial charge is 0.271 e. The van der Waals surface area contributed by atoms with E-state index in [0.29, 0.717) is 23.6 Å². The van der Waals surface area contributed by atoms with Gasteiger partial charge in [-0.1, -0.05) is 0 Å². The molecule has 0 aliphatic carbocycles. The molecule has 4 rings (SSSR count). The Morgan fingerprint density at radius 2 is 2.19 bits per heavy atom. The minimum absolute atomic E-state index is 0.0187. The molecule has 138 valence electrons. The summed E-state index contributed by atoms with van der Waals surface area (Å²) >= 11 is 0. The summed E-state index contributed by atoms with van der Waals surface area (Å²) in [7, 11) is 0. The van der Waals surface area contributed by atoms with Crippen LogP contribution in [0.5, 0.6) is 11.5 Å². The van der Waals surface area contributed by atoms with Gasteiger partial charge in [-0.15, -0.1) is 0 Å². The Bertz CT molecular complexity index is 1050. The van der Waals surface area contributed by atoms with Crippen molar-refractivity contribution in [1.82, 2.24) is 4.98 Å². The van der Waals surface area contributed by atoms with Gasteiger partial charge in [0.1, 0.15) is 23.1 Å². The lowest BCUT2D eigenvalue weighted by molar-refractivity contribution is -0.384. The third kappa shape index (κ3) is 3.36. The molecule has 2 heterocycles. The van der Waals surface area contributed by atoms with E-state index in [4.69, 9.17) is 13.9 Å². The molecule has 0 amide bonds. The van der Waals surface area contributed by atoms with Gasteiger partial charge in [0, 0.05) is 35.8 Å². The van der Waals surface area contributed by atoms with E-state index in [1.165, 1.54) is 12.1 Å². The summed E-state index contributed by atoms with van der Waals surface area (Å²) in [5.74, 6) is 2.00. The number of benzene rings is 2. The van der Waals surface area contributed by atoms with Crippen LogP contribution in [-0.4, -0.2) is 22.6 Å². The van der Waals surface area contributed by atoms with Gasteiger partial charge in [0.2, 0.25) is 5.89 Å². The van der Waals surface area contributed by atoms with E-state index in [-0.39, 0.29) is 11.8 Å². The Hall–Kier alpha value is -3.35. The van der Waals surface area contributed by atoms with Crippen molar-refractivity contribution in [1.29, 1.82) is 0 Å². The number of hydrogen-bond donors (Lipinski definition) is 0. The van der Waals surface area contributed by atoms with Crippen LogP contribution in [0.4, 0.5) is 5.69 Å². The lowest BCUT2D eigenvalue weighted by atomic mass is 10.1. The molecule has 3 aromatic rings. The highest BCUT2D eigenvalue weighted by molar-refractivity contribution is 5.79. The predicted molar refractivity (Wildman–Crippen MR) is 101 cm³/mol. The molecular weight excluding hydrogens is 348 g/mol. The maximum absolute atomic E-state index is 10.9. The lowest BCUT2D eigenvalue weighted by Gasteiger charge is -2.09. The van der Waals surface area contributed by atoms with Crippen molar-refractivity contribution in [3.63, 3.8) is 0 Å². The maximum Gasteiger partial charge on any atom is 0.271 e. The summed E-state index contributed by atoms with van der Waals surface area (Å²) in [4.78, 5) is 14.7. The van der Waals surface area contributed by atoms with E-state index in [2.05, 4.69) is 4.98 Å². The van der Waals surface area contributed by atoms with E-state index >= 15 is 0 Å². The number of aromatic nitrogens is 1. The van der Waals surface area contributed by atoms with Crippen LogP contribution >= 0.6 is 0 Å². The van der Waals surface area contributed by atoms with E-state index in [9.17, 15) is 10.1 Å². The minimum Gasteiger partial charge on any atom is -0.493 e. The van der Waals surface area contributed by atoms with Gasteiger partial charge in [-0.05, 0) is 38.1 Å². The molecule has 1 aliphatic heterocycles. The first kappa shape index (κ1) is 17.1. The number of non-ortho nitro benzene ring substituents is 1. The number of ether oxygens (including phenoxy) is 2. The first-order chi connectivity index (χ1) is 13.0. The zero-order chi connectivity index (χ0) is 19.0. The van der Waals surface area contributed by atoms with Gasteiger partial charge >= 0.3 is 0 Å². The molecule has 0 radical (unpaired) electrons. The molecule has 0 fully saturated rings. The van der Waals surface area contributed by atoms with Gasteiger partial charge in [0.05, 0.1) is 11.5 Å². The molecule has 0 saturated heterocycles.